The summed E-state index contributed by atoms with van der Waals surface area (Å²) in [5.41, 5.74) is 11.8. The SMILES string of the molecule is Cc1ncsc1-c1ccc([C@H](C)NC(=O)[C@@H]2C[C@@H](O)CN2C(=O)[C@@H](c2cc(N3CCC(CN4CCC(OC5CC(Oc6cc(N7C8CC[C@@H]7CN(c7cc(-c9ccccc9O)nnc7N)C8)ccn6)C5)CC4)CC3)no2)C(C)C)c(F)c1F. The number of thiazole rings is 1. The van der Waals surface area contributed by atoms with Crippen LogP contribution in [0, 0.1) is 30.4 Å². The predicted octanol–water partition coefficient (Wildman–Crippen LogP) is 8.27. The van der Waals surface area contributed by atoms with Crippen LogP contribution in [0.3, 0.4) is 0 Å². The van der Waals surface area contributed by atoms with Crippen molar-refractivity contribution in [2.45, 2.75) is 140 Å². The Morgan fingerprint density at radius 3 is 2.33 bits per heavy atom. The number of aliphatic hydroxyl groups excluding tert-OH is 1. The normalized spacial score (nSPS) is 24.1. The molecule has 5 N–H and O–H groups in total. The maximum atomic E-state index is 15.5. The average Bonchev–Trinajstić information content (AvgIpc) is 4.37. The fourth-order valence-electron chi connectivity index (χ4n) is 13.5. The number of pyridine rings is 1. The minimum atomic E-state index is -1.07. The zero-order valence-electron chi connectivity index (χ0n) is 47.4. The number of aromatic hydroxyl groups is 1. The number of β-amino-alcohol motifs (C(OH)–C–C–N with tert-alkyl or cyclic N) is 1. The first-order chi connectivity index (χ1) is 40.1. The van der Waals surface area contributed by atoms with E-state index in [2.05, 4.69) is 62.4 Å². The van der Waals surface area contributed by atoms with Crippen molar-refractivity contribution in [1.82, 2.24) is 40.4 Å². The number of ether oxygens (including phenoxy) is 2. The van der Waals surface area contributed by atoms with E-state index < -0.39 is 41.6 Å². The van der Waals surface area contributed by atoms with Gasteiger partial charge in [0.25, 0.3) is 0 Å². The Hall–Kier alpha value is -7.01. The predicted molar refractivity (Wildman–Crippen MR) is 311 cm³/mol. The molecule has 2 amide bonds. The molecule has 2 aromatic carbocycles. The van der Waals surface area contributed by atoms with Gasteiger partial charge in [0.1, 0.15) is 23.8 Å². The molecule has 2 bridgehead atoms. The Kier molecular flexibility index (Phi) is 16.3. The van der Waals surface area contributed by atoms with E-state index in [9.17, 15) is 19.8 Å². The zero-order valence-corrected chi connectivity index (χ0v) is 48.3. The van der Waals surface area contributed by atoms with Crippen molar-refractivity contribution in [1.29, 1.82) is 0 Å². The number of hydrogen-bond acceptors (Lipinski definition) is 18. The number of aryl methyl sites for hydroxylation is 1. The first-order valence-electron chi connectivity index (χ1n) is 29.5. The summed E-state index contributed by atoms with van der Waals surface area (Å²) in [4.78, 5) is 48.5. The molecule has 9 heterocycles. The molecular weight excluding hydrogens is 1080 g/mol. The molecule has 5 aliphatic heterocycles. The van der Waals surface area contributed by atoms with Crippen molar-refractivity contribution >= 4 is 46.2 Å². The Labute approximate surface area is 486 Å². The number of amides is 2. The summed E-state index contributed by atoms with van der Waals surface area (Å²) in [5, 5.41) is 37.0. The average molecular weight is 1160 g/mol. The molecule has 22 heteroatoms. The van der Waals surface area contributed by atoms with Gasteiger partial charge in [-0.3, -0.25) is 9.59 Å². The van der Waals surface area contributed by atoms with E-state index in [1.54, 1.807) is 31.5 Å². The van der Waals surface area contributed by atoms with Crippen molar-refractivity contribution in [3.63, 3.8) is 0 Å². The lowest BCUT2D eigenvalue weighted by atomic mass is 9.91. The summed E-state index contributed by atoms with van der Waals surface area (Å²) in [6, 6.07) is 16.6. The third kappa shape index (κ3) is 11.8. The number of likely N-dealkylation sites (tertiary alicyclic amines) is 2. The van der Waals surface area contributed by atoms with Gasteiger partial charge in [0.15, 0.2) is 29.0 Å². The summed E-state index contributed by atoms with van der Waals surface area (Å²) in [7, 11) is 0. The van der Waals surface area contributed by atoms with Gasteiger partial charge in [0, 0.05) is 124 Å². The smallest absolute Gasteiger partial charge is 0.243 e. The quantitative estimate of drug-likeness (QED) is 0.0674. The molecule has 83 heavy (non-hydrogen) atoms. The molecule has 4 aromatic heterocycles. The fraction of sp³-hybridized carbons (Fsp3) is 0.525. The first kappa shape index (κ1) is 56.5. The first-order valence-corrected chi connectivity index (χ1v) is 30.3. The van der Waals surface area contributed by atoms with Crippen LogP contribution in [-0.2, 0) is 14.3 Å². The van der Waals surface area contributed by atoms with Crippen LogP contribution < -0.4 is 30.5 Å². The maximum absolute atomic E-state index is 15.5. The summed E-state index contributed by atoms with van der Waals surface area (Å²) < 4.78 is 49.8. The summed E-state index contributed by atoms with van der Waals surface area (Å²) in [6.07, 6.45) is 9.25. The number of nitrogen functional groups attached to an aromatic ring is 1. The third-order valence-corrected chi connectivity index (χ3v) is 19.0. The molecule has 6 aliphatic rings. The number of nitrogens with one attached hydrogen (secondary N) is 1. The molecule has 12 rings (SSSR count). The van der Waals surface area contributed by atoms with Crippen molar-refractivity contribution < 1.29 is 42.6 Å². The van der Waals surface area contributed by atoms with Crippen LogP contribution in [0.1, 0.15) is 108 Å². The molecule has 1 saturated carbocycles. The summed E-state index contributed by atoms with van der Waals surface area (Å²) in [6.45, 7) is 13.3. The number of nitrogens with zero attached hydrogens (tertiary/aromatic N) is 10. The molecular formula is C61H74F2N12O7S. The van der Waals surface area contributed by atoms with Gasteiger partial charge in [-0.25, -0.2) is 18.7 Å². The van der Waals surface area contributed by atoms with Crippen LogP contribution in [0.15, 0.2) is 76.9 Å². The molecule has 5 saturated heterocycles. The summed E-state index contributed by atoms with van der Waals surface area (Å²) in [5.74, 6) is -1.22. The van der Waals surface area contributed by atoms with E-state index in [0.29, 0.717) is 51.0 Å². The van der Waals surface area contributed by atoms with E-state index in [0.717, 1.165) is 109 Å². The second kappa shape index (κ2) is 23.9. The van der Waals surface area contributed by atoms with Crippen LogP contribution in [-0.4, -0.2) is 152 Å². The van der Waals surface area contributed by atoms with Crippen molar-refractivity contribution in [3.8, 4) is 33.3 Å². The van der Waals surface area contributed by atoms with Crippen molar-refractivity contribution in [2.75, 3.05) is 72.8 Å². The van der Waals surface area contributed by atoms with E-state index >= 15 is 8.78 Å². The highest BCUT2D eigenvalue weighted by atomic mass is 32.1. The van der Waals surface area contributed by atoms with Gasteiger partial charge < -0.3 is 59.8 Å². The molecule has 0 radical (unpaired) electrons. The minimum Gasteiger partial charge on any atom is -0.507 e. The Morgan fingerprint density at radius 2 is 1.60 bits per heavy atom. The van der Waals surface area contributed by atoms with Crippen LogP contribution in [0.2, 0.25) is 0 Å². The van der Waals surface area contributed by atoms with Gasteiger partial charge in [-0.05, 0) is 94.5 Å². The molecule has 6 aromatic rings. The van der Waals surface area contributed by atoms with Crippen LogP contribution >= 0.6 is 11.3 Å². The highest BCUT2D eigenvalue weighted by molar-refractivity contribution is 7.13. The van der Waals surface area contributed by atoms with Crippen molar-refractivity contribution in [2.24, 2.45) is 11.8 Å². The molecule has 0 spiro atoms. The zero-order chi connectivity index (χ0) is 57.6. The lowest BCUT2D eigenvalue weighted by molar-refractivity contribution is -0.141. The number of piperidine rings is 2. The Bertz CT molecular complexity index is 3280. The number of phenols is 1. The number of carbonyl (C=O) groups is 2. The number of aliphatic hydroxyl groups is 1. The number of hydrogen-bond donors (Lipinski definition) is 4. The second-order valence-corrected chi connectivity index (χ2v) is 24.9. The molecule has 19 nitrogen and oxygen atoms in total. The number of rotatable bonds is 17. The topological polar surface area (TPSA) is 225 Å². The van der Waals surface area contributed by atoms with Gasteiger partial charge in [0.05, 0.1) is 51.8 Å². The van der Waals surface area contributed by atoms with Gasteiger partial charge in [-0.15, -0.1) is 21.5 Å². The number of fused-ring (bicyclic) bond motifs is 2. The standard InChI is InChI=1S/C61H74F2N12O7S/c1-34(2)55(61(79)74-32-41(76)24-50(74)60(78)67-35(3)45-11-12-47(57(63)56(45)62)58-36(4)66-33-83-58)52-28-53(70-82-52)72-21-14-37(15-22-72)29-71-19-16-42(17-20-71)80-43-25-44(26-43)81-54-23-38(13-18-65-54)75-39-9-10-40(75)31-73(30-39)49-27-48(68-69-59(49)64)46-7-5-6-8-51(46)77/h5-8,11-13,18,23,27-28,33-35,37,39-44,50,55,76-77H,9-10,14-17,19-22,24-26,29-32H2,1-4H3,(H2,64,69)(H,67,78)/t35-,39+,40?,41+,43?,44?,50-,55+/m0/s1. The van der Waals surface area contributed by atoms with E-state index in [-0.39, 0.29) is 72.1 Å². The summed E-state index contributed by atoms with van der Waals surface area (Å²) >= 11 is 1.22. The molecule has 1 unspecified atom stereocenters. The molecule has 6 atom stereocenters. The minimum absolute atomic E-state index is 0.00403. The van der Waals surface area contributed by atoms with Crippen LogP contribution in [0.4, 0.5) is 31.8 Å². The van der Waals surface area contributed by atoms with Gasteiger partial charge in [-0.2, -0.15) is 0 Å². The molecule has 6 fully saturated rings. The third-order valence-electron chi connectivity index (χ3n) is 18.1. The van der Waals surface area contributed by atoms with E-state index in [4.69, 9.17) is 19.7 Å². The Morgan fingerprint density at radius 1 is 0.843 bits per heavy atom. The fourth-order valence-corrected chi connectivity index (χ4v) is 14.4. The van der Waals surface area contributed by atoms with Gasteiger partial charge in [-0.1, -0.05) is 37.2 Å². The number of benzene rings is 2. The maximum Gasteiger partial charge on any atom is 0.243 e. The van der Waals surface area contributed by atoms with Crippen molar-refractivity contribution in [3.05, 3.63) is 101 Å². The van der Waals surface area contributed by atoms with Crippen LogP contribution in [0.25, 0.3) is 21.7 Å². The molecule has 1 aliphatic carbocycles. The number of para-hydroxylation sites is 1. The van der Waals surface area contributed by atoms with E-state index in [1.165, 1.54) is 28.4 Å². The highest BCUT2D eigenvalue weighted by Gasteiger charge is 2.45. The van der Waals surface area contributed by atoms with Gasteiger partial charge in [0.2, 0.25) is 17.7 Å². The number of aromatic nitrogens is 5. The van der Waals surface area contributed by atoms with Crippen LogP contribution in [0.5, 0.6) is 11.6 Å². The lowest BCUT2D eigenvalue weighted by Crippen LogP contribution is -2.54. The number of carbonyl (C=O) groups excluding carboxylic acids is 2. The number of nitrogens with two attached hydrogens (primary N) is 1. The monoisotopic (exact) mass is 1160 g/mol. The number of piperazine rings is 1. The van der Waals surface area contributed by atoms with Gasteiger partial charge >= 0.3 is 0 Å². The number of phenolic OH excluding ortho intramolecular Hbond substituents is 1. The number of halogens is 2. The number of anilines is 4. The Balaban J connectivity index is 0.569. The van der Waals surface area contributed by atoms with E-state index in [1.807, 2.05) is 44.3 Å². The largest absolute Gasteiger partial charge is 0.507 e. The molecule has 440 valence electrons. The highest BCUT2D eigenvalue weighted by Crippen LogP contribution is 2.42. The lowest BCUT2D eigenvalue weighted by Gasteiger charge is -2.43. The second-order valence-electron chi connectivity index (χ2n) is 24.0.